The van der Waals surface area contributed by atoms with Gasteiger partial charge in [0.25, 0.3) is 5.91 Å². The molecule has 3 aliphatic rings. The molecule has 2 atom stereocenters. The van der Waals surface area contributed by atoms with Crippen molar-refractivity contribution in [1.29, 1.82) is 5.41 Å². The van der Waals surface area contributed by atoms with E-state index in [1.807, 2.05) is 12.1 Å². The van der Waals surface area contributed by atoms with Crippen LogP contribution in [0.2, 0.25) is 5.02 Å². The Bertz CT molecular complexity index is 1080. The van der Waals surface area contributed by atoms with Crippen molar-refractivity contribution < 1.29 is 14.3 Å². The number of amides is 2. The third-order valence-corrected chi connectivity index (χ3v) is 8.23. The van der Waals surface area contributed by atoms with E-state index in [0.717, 1.165) is 73.9 Å². The molecule has 2 amide bonds. The van der Waals surface area contributed by atoms with Crippen LogP contribution < -0.4 is 16.0 Å². The lowest BCUT2D eigenvalue weighted by molar-refractivity contribution is -0.119. The summed E-state index contributed by atoms with van der Waals surface area (Å²) in [5.74, 6) is 0.314. The first-order valence-corrected chi connectivity index (χ1v) is 14.2. The van der Waals surface area contributed by atoms with Crippen molar-refractivity contribution in [2.45, 2.75) is 77.3 Å². The van der Waals surface area contributed by atoms with Crippen LogP contribution in [0.4, 0.5) is 0 Å². The lowest BCUT2D eigenvalue weighted by Crippen LogP contribution is -2.50. The summed E-state index contributed by atoms with van der Waals surface area (Å²) < 4.78 is 5.56. The van der Waals surface area contributed by atoms with Crippen LogP contribution in [0.5, 0.6) is 0 Å². The molecular weight excluding hydrogens is 500 g/mol. The van der Waals surface area contributed by atoms with Crippen LogP contribution in [-0.2, 0) is 20.9 Å². The second-order valence-corrected chi connectivity index (χ2v) is 11.9. The van der Waals surface area contributed by atoms with Gasteiger partial charge in [-0.15, -0.1) is 6.58 Å². The van der Waals surface area contributed by atoms with Crippen LogP contribution in [-0.4, -0.2) is 43.3 Å². The number of ether oxygens (including phenoxy) is 1. The molecule has 2 aliphatic heterocycles. The van der Waals surface area contributed by atoms with E-state index in [1.165, 1.54) is 0 Å². The number of benzene rings is 1. The number of nitrogens with one attached hydrogen (secondary N) is 4. The Morgan fingerprint density at radius 2 is 1.97 bits per heavy atom. The van der Waals surface area contributed by atoms with Gasteiger partial charge in [-0.05, 0) is 75.5 Å². The smallest absolute Gasteiger partial charge is 0.269 e. The maximum absolute atomic E-state index is 13.0. The summed E-state index contributed by atoms with van der Waals surface area (Å²) in [6.07, 6.45) is 8.17. The molecule has 0 saturated carbocycles. The highest BCUT2D eigenvalue weighted by atomic mass is 35.5. The molecule has 2 saturated heterocycles. The molecule has 1 aromatic rings. The minimum absolute atomic E-state index is 0.0244. The van der Waals surface area contributed by atoms with Crippen molar-refractivity contribution in [1.82, 2.24) is 16.0 Å². The van der Waals surface area contributed by atoms with E-state index in [4.69, 9.17) is 21.7 Å². The largest absolute Gasteiger partial charge is 0.387 e. The first kappa shape index (κ1) is 28.4. The number of hydrogen-bond acceptors (Lipinski definition) is 5. The molecule has 8 heteroatoms. The summed E-state index contributed by atoms with van der Waals surface area (Å²) in [5, 5.41) is 19.0. The van der Waals surface area contributed by atoms with Gasteiger partial charge in [-0.3, -0.25) is 15.0 Å². The molecule has 1 aliphatic carbocycles. The zero-order valence-corrected chi connectivity index (χ0v) is 23.2. The Balaban J connectivity index is 1.39. The van der Waals surface area contributed by atoms with Crippen LogP contribution in [0.25, 0.3) is 0 Å². The molecule has 206 valence electrons. The summed E-state index contributed by atoms with van der Waals surface area (Å²) in [4.78, 5) is 24.5. The quantitative estimate of drug-likeness (QED) is 0.207. The van der Waals surface area contributed by atoms with E-state index in [0.29, 0.717) is 49.6 Å². The first-order valence-electron chi connectivity index (χ1n) is 13.8. The standard InChI is InChI=1S/C30H41ClN4O3/c1-20(2)15-30(18-38-19-30)17-34-26-14-21(4-3-5-24-11-13-27(36)35-24)8-12-25(26)28(32)29(37)33-16-22-6-9-23(31)10-7-22/h6-7,9-10,21,24,32,34H,1,3-5,8,11-19H2,2H3,(H,33,37)(H,35,36)/t21?,24-/m0/s1. The SMILES string of the molecule is C=C(C)CC1(CNC2=C(C(=N)C(=O)NCc3ccc(Cl)cc3)CCC(CCC[C@H]3CCC(=O)N3)C2)COC1. The molecule has 4 rings (SSSR count). The summed E-state index contributed by atoms with van der Waals surface area (Å²) in [5.41, 5.74) is 4.00. The average Bonchev–Trinajstić information content (AvgIpc) is 3.29. The molecule has 0 aromatic heterocycles. The van der Waals surface area contributed by atoms with Crippen molar-refractivity contribution in [2.75, 3.05) is 19.8 Å². The van der Waals surface area contributed by atoms with E-state index in [9.17, 15) is 9.59 Å². The molecular formula is C30H41ClN4O3. The first-order chi connectivity index (χ1) is 18.2. The topological polar surface area (TPSA) is 103 Å². The maximum Gasteiger partial charge on any atom is 0.269 e. The minimum Gasteiger partial charge on any atom is -0.387 e. The van der Waals surface area contributed by atoms with Gasteiger partial charge in [0, 0.05) is 47.3 Å². The highest BCUT2D eigenvalue weighted by molar-refractivity contribution is 6.44. The zero-order chi connectivity index (χ0) is 27.1. The van der Waals surface area contributed by atoms with E-state index in [1.54, 1.807) is 12.1 Å². The van der Waals surface area contributed by atoms with Gasteiger partial charge in [0.15, 0.2) is 0 Å². The van der Waals surface area contributed by atoms with E-state index >= 15 is 0 Å². The predicted octanol–water partition coefficient (Wildman–Crippen LogP) is 5.05. The normalized spacial score (nSPS) is 22.4. The van der Waals surface area contributed by atoms with Crippen molar-refractivity contribution in [2.24, 2.45) is 11.3 Å². The number of carbonyl (C=O) groups excluding carboxylic acids is 2. The molecule has 4 N–H and O–H groups in total. The van der Waals surface area contributed by atoms with Gasteiger partial charge < -0.3 is 20.7 Å². The van der Waals surface area contributed by atoms with Gasteiger partial charge >= 0.3 is 0 Å². The molecule has 0 bridgehead atoms. The van der Waals surface area contributed by atoms with Crippen LogP contribution in [0.3, 0.4) is 0 Å². The summed E-state index contributed by atoms with van der Waals surface area (Å²) in [6, 6.07) is 7.66. The van der Waals surface area contributed by atoms with Crippen molar-refractivity contribution in [3.05, 3.63) is 58.3 Å². The van der Waals surface area contributed by atoms with E-state index in [2.05, 4.69) is 29.5 Å². The molecule has 1 aromatic carbocycles. The number of allylic oxidation sites excluding steroid dienone is 2. The van der Waals surface area contributed by atoms with Crippen LogP contribution in [0, 0.1) is 16.7 Å². The summed E-state index contributed by atoms with van der Waals surface area (Å²) >= 11 is 5.96. The van der Waals surface area contributed by atoms with Gasteiger partial charge in [0.05, 0.1) is 13.2 Å². The Kier molecular flexibility index (Phi) is 9.66. The third kappa shape index (κ3) is 7.70. The van der Waals surface area contributed by atoms with Crippen LogP contribution in [0.1, 0.15) is 70.3 Å². The minimum atomic E-state index is -0.353. The van der Waals surface area contributed by atoms with Crippen LogP contribution >= 0.6 is 11.6 Å². The fourth-order valence-electron chi connectivity index (χ4n) is 5.86. The van der Waals surface area contributed by atoms with E-state index < -0.39 is 0 Å². The fraction of sp³-hybridized carbons (Fsp3) is 0.567. The van der Waals surface area contributed by atoms with Crippen LogP contribution in [0.15, 0.2) is 47.7 Å². The number of rotatable bonds is 13. The van der Waals surface area contributed by atoms with Gasteiger partial charge in [-0.1, -0.05) is 35.7 Å². The molecule has 2 heterocycles. The average molecular weight is 541 g/mol. The molecule has 7 nitrogen and oxygen atoms in total. The van der Waals surface area contributed by atoms with Gasteiger partial charge in [-0.2, -0.15) is 0 Å². The van der Waals surface area contributed by atoms with Gasteiger partial charge in [0.1, 0.15) is 5.71 Å². The zero-order valence-electron chi connectivity index (χ0n) is 22.5. The Hall–Kier alpha value is -2.64. The van der Waals surface area contributed by atoms with Crippen molar-refractivity contribution >= 4 is 29.1 Å². The Morgan fingerprint density at radius 3 is 2.61 bits per heavy atom. The van der Waals surface area contributed by atoms with Gasteiger partial charge in [-0.25, -0.2) is 0 Å². The lowest BCUT2D eigenvalue weighted by Gasteiger charge is -2.43. The molecule has 0 spiro atoms. The second-order valence-electron chi connectivity index (χ2n) is 11.5. The molecule has 2 fully saturated rings. The highest BCUT2D eigenvalue weighted by Gasteiger charge is 2.39. The van der Waals surface area contributed by atoms with E-state index in [-0.39, 0.29) is 22.9 Å². The maximum atomic E-state index is 13.0. The monoisotopic (exact) mass is 540 g/mol. The van der Waals surface area contributed by atoms with Crippen molar-refractivity contribution in [3.8, 4) is 0 Å². The van der Waals surface area contributed by atoms with Crippen molar-refractivity contribution in [3.63, 3.8) is 0 Å². The summed E-state index contributed by atoms with van der Waals surface area (Å²) in [6.45, 7) is 8.65. The Morgan fingerprint density at radius 1 is 1.21 bits per heavy atom. The lowest BCUT2D eigenvalue weighted by atomic mass is 9.78. The summed E-state index contributed by atoms with van der Waals surface area (Å²) in [7, 11) is 0. The molecule has 38 heavy (non-hydrogen) atoms. The number of hydrogen-bond donors (Lipinski definition) is 4. The third-order valence-electron chi connectivity index (χ3n) is 7.97. The van der Waals surface area contributed by atoms with Gasteiger partial charge in [0.2, 0.25) is 5.91 Å². The highest BCUT2D eigenvalue weighted by Crippen LogP contribution is 2.36. The number of carbonyl (C=O) groups is 2. The molecule has 1 unspecified atom stereocenters. The predicted molar refractivity (Wildman–Crippen MR) is 151 cm³/mol. The fourth-order valence-corrected chi connectivity index (χ4v) is 5.99. The second kappa shape index (κ2) is 12.9. The number of halogens is 1. The Labute approximate surface area is 231 Å². The molecule has 0 radical (unpaired) electrons.